The molecule has 0 aliphatic carbocycles. The van der Waals surface area contributed by atoms with Gasteiger partial charge in [-0.3, -0.25) is 0 Å². The van der Waals surface area contributed by atoms with Gasteiger partial charge in [0.25, 0.3) is 0 Å². The van der Waals surface area contributed by atoms with E-state index in [0.717, 1.165) is 5.56 Å². The highest BCUT2D eigenvalue weighted by molar-refractivity contribution is 5.13. The summed E-state index contributed by atoms with van der Waals surface area (Å²) in [7, 11) is 0. The summed E-state index contributed by atoms with van der Waals surface area (Å²) < 4.78 is 5.49. The van der Waals surface area contributed by atoms with Gasteiger partial charge in [-0.15, -0.1) is 6.58 Å². The maximum atomic E-state index is 9.66. The van der Waals surface area contributed by atoms with Crippen LogP contribution in [0.5, 0.6) is 0 Å². The Morgan fingerprint density at radius 1 is 1.38 bits per heavy atom. The van der Waals surface area contributed by atoms with Crippen molar-refractivity contribution < 1.29 is 9.84 Å². The minimum Gasteiger partial charge on any atom is -0.392 e. The topological polar surface area (TPSA) is 29.5 Å². The van der Waals surface area contributed by atoms with E-state index >= 15 is 0 Å². The molecule has 16 heavy (non-hydrogen) atoms. The van der Waals surface area contributed by atoms with Crippen molar-refractivity contribution in [1.82, 2.24) is 0 Å². The van der Waals surface area contributed by atoms with E-state index in [1.54, 1.807) is 6.08 Å². The molecule has 0 bridgehead atoms. The molecule has 0 aromatic heterocycles. The third-order valence-corrected chi connectivity index (χ3v) is 2.65. The van der Waals surface area contributed by atoms with Crippen molar-refractivity contribution in [3.8, 4) is 0 Å². The van der Waals surface area contributed by atoms with Crippen LogP contribution in [-0.4, -0.2) is 17.8 Å². The summed E-state index contributed by atoms with van der Waals surface area (Å²) in [6.07, 6.45) is 2.07. The van der Waals surface area contributed by atoms with E-state index in [1.165, 1.54) is 0 Å². The number of ether oxygens (including phenoxy) is 1. The maximum absolute atomic E-state index is 9.66. The van der Waals surface area contributed by atoms with Gasteiger partial charge in [0.15, 0.2) is 0 Å². The van der Waals surface area contributed by atoms with Crippen molar-refractivity contribution in [1.29, 1.82) is 0 Å². The van der Waals surface area contributed by atoms with Gasteiger partial charge in [-0.05, 0) is 17.9 Å². The zero-order valence-electron chi connectivity index (χ0n) is 9.80. The Bertz CT molecular complexity index is 295. The molecular weight excluding hydrogens is 200 g/mol. The fraction of sp³-hybridized carbons (Fsp3) is 0.429. The quantitative estimate of drug-likeness (QED) is 0.565. The monoisotopic (exact) mass is 220 g/mol. The standard InChI is InChI=1S/C14H20O2/c1-3-12(2)14(15)9-10-16-11-13-7-5-4-6-8-13/h3-8,12,14-15H,1,9-11H2,2H3/t12-,14+/m1/s1. The third kappa shape index (κ3) is 4.60. The first-order valence-electron chi connectivity index (χ1n) is 5.66. The summed E-state index contributed by atoms with van der Waals surface area (Å²) >= 11 is 0. The molecule has 0 unspecified atom stereocenters. The molecule has 0 saturated heterocycles. The number of aliphatic hydroxyl groups excluding tert-OH is 1. The molecule has 0 fully saturated rings. The Morgan fingerprint density at radius 3 is 2.69 bits per heavy atom. The van der Waals surface area contributed by atoms with Gasteiger partial charge in [-0.1, -0.05) is 43.3 Å². The number of rotatable bonds is 7. The molecule has 2 heteroatoms. The van der Waals surface area contributed by atoms with Crippen LogP contribution >= 0.6 is 0 Å². The minimum atomic E-state index is -0.353. The predicted molar refractivity (Wildman–Crippen MR) is 66.1 cm³/mol. The van der Waals surface area contributed by atoms with E-state index < -0.39 is 0 Å². The average molecular weight is 220 g/mol. The molecule has 1 aromatic carbocycles. The van der Waals surface area contributed by atoms with E-state index in [4.69, 9.17) is 4.74 Å². The molecule has 2 atom stereocenters. The summed E-state index contributed by atoms with van der Waals surface area (Å²) in [5, 5.41) is 9.66. The molecule has 0 aliphatic heterocycles. The van der Waals surface area contributed by atoms with Crippen LogP contribution in [0.2, 0.25) is 0 Å². The maximum Gasteiger partial charge on any atom is 0.0716 e. The van der Waals surface area contributed by atoms with Crippen molar-refractivity contribution in [3.63, 3.8) is 0 Å². The van der Waals surface area contributed by atoms with Crippen molar-refractivity contribution in [3.05, 3.63) is 48.6 Å². The van der Waals surface area contributed by atoms with Gasteiger partial charge in [0, 0.05) is 6.61 Å². The van der Waals surface area contributed by atoms with Crippen molar-refractivity contribution in [2.45, 2.75) is 26.1 Å². The highest BCUT2D eigenvalue weighted by atomic mass is 16.5. The normalized spacial score (nSPS) is 14.4. The van der Waals surface area contributed by atoms with E-state index in [2.05, 4.69) is 6.58 Å². The highest BCUT2D eigenvalue weighted by Crippen LogP contribution is 2.08. The van der Waals surface area contributed by atoms with Gasteiger partial charge in [0.1, 0.15) is 0 Å². The Labute approximate surface area is 97.6 Å². The Morgan fingerprint density at radius 2 is 2.06 bits per heavy atom. The van der Waals surface area contributed by atoms with Crippen molar-refractivity contribution in [2.75, 3.05) is 6.61 Å². The lowest BCUT2D eigenvalue weighted by Crippen LogP contribution is -2.17. The highest BCUT2D eigenvalue weighted by Gasteiger charge is 2.09. The molecule has 0 saturated carbocycles. The largest absolute Gasteiger partial charge is 0.392 e. The number of aliphatic hydroxyl groups is 1. The first-order valence-corrected chi connectivity index (χ1v) is 5.66. The molecule has 2 nitrogen and oxygen atoms in total. The SMILES string of the molecule is C=C[C@@H](C)[C@@H](O)CCOCc1ccccc1. The van der Waals surface area contributed by atoms with Gasteiger partial charge >= 0.3 is 0 Å². The number of hydrogen-bond acceptors (Lipinski definition) is 2. The van der Waals surface area contributed by atoms with Crippen LogP contribution in [0.3, 0.4) is 0 Å². The van der Waals surface area contributed by atoms with E-state index in [0.29, 0.717) is 19.6 Å². The number of hydrogen-bond donors (Lipinski definition) is 1. The zero-order valence-corrected chi connectivity index (χ0v) is 9.80. The molecule has 0 spiro atoms. The summed E-state index contributed by atoms with van der Waals surface area (Å²) in [4.78, 5) is 0. The molecule has 0 amide bonds. The fourth-order valence-corrected chi connectivity index (χ4v) is 1.39. The lowest BCUT2D eigenvalue weighted by atomic mass is 10.0. The van der Waals surface area contributed by atoms with Crippen LogP contribution in [0.15, 0.2) is 43.0 Å². The second kappa shape index (κ2) is 7.20. The summed E-state index contributed by atoms with van der Waals surface area (Å²) in [5.74, 6) is 0.125. The van der Waals surface area contributed by atoms with Crippen LogP contribution in [0.4, 0.5) is 0 Å². The van der Waals surface area contributed by atoms with Crippen LogP contribution in [0, 0.1) is 5.92 Å². The van der Waals surface area contributed by atoms with Crippen molar-refractivity contribution >= 4 is 0 Å². The third-order valence-electron chi connectivity index (χ3n) is 2.65. The van der Waals surface area contributed by atoms with Crippen LogP contribution in [-0.2, 0) is 11.3 Å². The van der Waals surface area contributed by atoms with Gasteiger partial charge in [-0.25, -0.2) is 0 Å². The Kier molecular flexibility index (Phi) is 5.83. The lowest BCUT2D eigenvalue weighted by molar-refractivity contribution is 0.0590. The van der Waals surface area contributed by atoms with Crippen LogP contribution in [0.25, 0.3) is 0 Å². The summed E-state index contributed by atoms with van der Waals surface area (Å²) in [6.45, 7) is 6.79. The lowest BCUT2D eigenvalue weighted by Gasteiger charge is -2.14. The molecule has 1 aromatic rings. The molecule has 0 aliphatic rings. The van der Waals surface area contributed by atoms with Crippen LogP contribution < -0.4 is 0 Å². The number of benzene rings is 1. The molecule has 0 heterocycles. The van der Waals surface area contributed by atoms with E-state index in [1.807, 2.05) is 37.3 Å². The second-order valence-electron chi connectivity index (χ2n) is 3.99. The minimum absolute atomic E-state index is 0.125. The molecular formula is C14H20O2. The van der Waals surface area contributed by atoms with Gasteiger partial charge in [0.2, 0.25) is 0 Å². The van der Waals surface area contributed by atoms with E-state index in [-0.39, 0.29) is 12.0 Å². The second-order valence-corrected chi connectivity index (χ2v) is 3.99. The first-order chi connectivity index (χ1) is 7.74. The summed E-state index contributed by atoms with van der Waals surface area (Å²) in [6, 6.07) is 10.0. The van der Waals surface area contributed by atoms with Crippen molar-refractivity contribution in [2.24, 2.45) is 5.92 Å². The smallest absolute Gasteiger partial charge is 0.0716 e. The molecule has 88 valence electrons. The first kappa shape index (κ1) is 12.9. The molecule has 1 rings (SSSR count). The van der Waals surface area contributed by atoms with E-state index in [9.17, 15) is 5.11 Å². The van der Waals surface area contributed by atoms with Gasteiger partial charge < -0.3 is 9.84 Å². The fourth-order valence-electron chi connectivity index (χ4n) is 1.39. The van der Waals surface area contributed by atoms with Crippen LogP contribution in [0.1, 0.15) is 18.9 Å². The Balaban J connectivity index is 2.15. The van der Waals surface area contributed by atoms with Gasteiger partial charge in [0.05, 0.1) is 12.7 Å². The van der Waals surface area contributed by atoms with Gasteiger partial charge in [-0.2, -0.15) is 0 Å². The predicted octanol–water partition coefficient (Wildman–Crippen LogP) is 2.78. The Hall–Kier alpha value is -1.12. The zero-order chi connectivity index (χ0) is 11.8. The molecule has 0 radical (unpaired) electrons. The molecule has 1 N–H and O–H groups in total. The summed E-state index contributed by atoms with van der Waals surface area (Å²) in [5.41, 5.74) is 1.16. The average Bonchev–Trinajstić information content (AvgIpc) is 2.34.